The molecule has 0 aromatic heterocycles. The summed E-state index contributed by atoms with van der Waals surface area (Å²) in [5, 5.41) is 9.47. The molecule has 12 heavy (non-hydrogen) atoms. The standard InChI is InChI=1S/C8H8O3Si/c1-11-12-7-5-3-2-4-6(7)8(9)10/h2-5H,1H3,(H,9,10). The van der Waals surface area contributed by atoms with Crippen molar-refractivity contribution in [3.05, 3.63) is 29.8 Å². The van der Waals surface area contributed by atoms with Gasteiger partial charge in [0.2, 0.25) is 0 Å². The number of hydrogen-bond acceptors (Lipinski definition) is 2. The molecule has 0 atom stereocenters. The fraction of sp³-hybridized carbons (Fsp3) is 0.125. The van der Waals surface area contributed by atoms with Crippen molar-refractivity contribution in [2.24, 2.45) is 0 Å². The molecule has 0 heterocycles. The monoisotopic (exact) mass is 180 g/mol. The summed E-state index contributed by atoms with van der Waals surface area (Å²) in [7, 11) is 1.65. The maximum Gasteiger partial charge on any atom is 0.335 e. The highest BCUT2D eigenvalue weighted by molar-refractivity contribution is 6.49. The molecule has 3 nitrogen and oxygen atoms in total. The van der Waals surface area contributed by atoms with Crippen LogP contribution in [0.2, 0.25) is 0 Å². The van der Waals surface area contributed by atoms with E-state index in [2.05, 4.69) is 0 Å². The molecule has 0 saturated heterocycles. The van der Waals surface area contributed by atoms with E-state index < -0.39 is 5.97 Å². The zero-order valence-electron chi connectivity index (χ0n) is 6.57. The molecular formula is C8H8O3Si. The van der Waals surface area contributed by atoms with Gasteiger partial charge < -0.3 is 9.53 Å². The summed E-state index contributed by atoms with van der Waals surface area (Å²) in [6, 6.07) is 6.83. The van der Waals surface area contributed by atoms with Crippen molar-refractivity contribution in [2.75, 3.05) is 7.11 Å². The third kappa shape index (κ3) is 1.93. The Balaban J connectivity index is 3.00. The van der Waals surface area contributed by atoms with Crippen LogP contribution in [0, 0.1) is 0 Å². The molecular weight excluding hydrogens is 172 g/mol. The topological polar surface area (TPSA) is 46.5 Å². The summed E-state index contributed by atoms with van der Waals surface area (Å²) < 4.78 is 4.88. The Morgan fingerprint density at radius 2 is 2.17 bits per heavy atom. The first kappa shape index (κ1) is 8.96. The number of carboxylic acid groups (broad SMARTS) is 1. The van der Waals surface area contributed by atoms with Crippen LogP contribution in [0.15, 0.2) is 24.3 Å². The molecule has 0 amide bonds. The van der Waals surface area contributed by atoms with Crippen LogP contribution in [0.3, 0.4) is 0 Å². The number of rotatable bonds is 3. The average molecular weight is 180 g/mol. The van der Waals surface area contributed by atoms with Gasteiger partial charge in [0.15, 0.2) is 0 Å². The Morgan fingerprint density at radius 3 is 2.75 bits per heavy atom. The third-order valence-corrected chi connectivity index (χ3v) is 2.23. The molecule has 2 radical (unpaired) electrons. The van der Waals surface area contributed by atoms with E-state index in [9.17, 15) is 4.79 Å². The van der Waals surface area contributed by atoms with Crippen LogP contribution >= 0.6 is 0 Å². The second-order valence-electron chi connectivity index (χ2n) is 2.16. The predicted octanol–water partition coefficient (Wildman–Crippen LogP) is 0.276. The predicted molar refractivity (Wildman–Crippen MR) is 45.8 cm³/mol. The molecule has 0 fully saturated rings. The van der Waals surface area contributed by atoms with Gasteiger partial charge in [-0.1, -0.05) is 18.2 Å². The van der Waals surface area contributed by atoms with Crippen molar-refractivity contribution >= 4 is 20.9 Å². The lowest BCUT2D eigenvalue weighted by Crippen LogP contribution is -2.23. The third-order valence-electron chi connectivity index (χ3n) is 1.37. The van der Waals surface area contributed by atoms with Gasteiger partial charge in [-0.15, -0.1) is 0 Å². The zero-order chi connectivity index (χ0) is 8.97. The van der Waals surface area contributed by atoms with E-state index in [1.807, 2.05) is 0 Å². The highest BCUT2D eigenvalue weighted by Crippen LogP contribution is 1.94. The maximum absolute atomic E-state index is 10.6. The lowest BCUT2D eigenvalue weighted by atomic mass is 10.2. The SMILES string of the molecule is CO[Si]c1ccccc1C(=O)O. The first-order chi connectivity index (χ1) is 5.75. The highest BCUT2D eigenvalue weighted by Gasteiger charge is 2.08. The van der Waals surface area contributed by atoms with Crippen molar-refractivity contribution in [2.45, 2.75) is 0 Å². The second-order valence-corrected chi connectivity index (χ2v) is 3.31. The molecule has 0 spiro atoms. The van der Waals surface area contributed by atoms with Crippen LogP contribution in [0.4, 0.5) is 0 Å². The zero-order valence-corrected chi connectivity index (χ0v) is 7.57. The summed E-state index contributed by atoms with van der Waals surface area (Å²) in [5.74, 6) is -0.907. The van der Waals surface area contributed by atoms with Gasteiger partial charge in [-0.25, -0.2) is 4.79 Å². The lowest BCUT2D eigenvalue weighted by Gasteiger charge is -2.01. The minimum atomic E-state index is -0.907. The van der Waals surface area contributed by atoms with E-state index in [0.717, 1.165) is 5.19 Å². The Labute approximate surface area is 72.9 Å². The van der Waals surface area contributed by atoms with E-state index in [-0.39, 0.29) is 9.76 Å². The van der Waals surface area contributed by atoms with Crippen LogP contribution < -0.4 is 5.19 Å². The molecule has 0 aliphatic carbocycles. The van der Waals surface area contributed by atoms with Gasteiger partial charge in [0, 0.05) is 7.11 Å². The Kier molecular flexibility index (Phi) is 3.01. The molecule has 0 saturated carbocycles. The molecule has 62 valence electrons. The molecule has 1 aromatic carbocycles. The largest absolute Gasteiger partial charge is 0.478 e. The number of carbonyl (C=O) groups is 1. The van der Waals surface area contributed by atoms with E-state index in [1.165, 1.54) is 0 Å². The van der Waals surface area contributed by atoms with E-state index in [4.69, 9.17) is 9.53 Å². The number of aromatic carboxylic acids is 1. The van der Waals surface area contributed by atoms with Crippen LogP contribution in [0.25, 0.3) is 0 Å². The molecule has 0 aliphatic rings. The van der Waals surface area contributed by atoms with Crippen molar-refractivity contribution < 1.29 is 14.3 Å². The number of carboxylic acids is 1. The Hall–Kier alpha value is -1.13. The smallest absolute Gasteiger partial charge is 0.335 e. The fourth-order valence-electron chi connectivity index (χ4n) is 0.869. The summed E-state index contributed by atoms with van der Waals surface area (Å²) in [6.45, 7) is 0. The first-order valence-electron chi connectivity index (χ1n) is 3.37. The van der Waals surface area contributed by atoms with Crippen molar-refractivity contribution in [3.8, 4) is 0 Å². The highest BCUT2D eigenvalue weighted by atomic mass is 28.2. The molecule has 1 aromatic rings. The van der Waals surface area contributed by atoms with E-state index >= 15 is 0 Å². The van der Waals surface area contributed by atoms with Crippen LogP contribution in [0.5, 0.6) is 0 Å². The van der Waals surface area contributed by atoms with Crippen molar-refractivity contribution in [1.29, 1.82) is 0 Å². The van der Waals surface area contributed by atoms with E-state index in [0.29, 0.717) is 5.56 Å². The van der Waals surface area contributed by atoms with Gasteiger partial charge in [-0.05, 0) is 11.3 Å². The van der Waals surface area contributed by atoms with Gasteiger partial charge in [0.05, 0.1) is 5.56 Å². The minimum absolute atomic E-state index is 0.0979. The molecule has 0 unspecified atom stereocenters. The summed E-state index contributed by atoms with van der Waals surface area (Å²) >= 11 is 0. The van der Waals surface area contributed by atoms with Gasteiger partial charge in [-0.2, -0.15) is 0 Å². The van der Waals surface area contributed by atoms with Crippen LogP contribution in [-0.2, 0) is 4.43 Å². The second kappa shape index (κ2) is 4.03. The quantitative estimate of drug-likeness (QED) is 0.679. The fourth-order valence-corrected chi connectivity index (χ4v) is 1.55. The molecule has 0 bridgehead atoms. The van der Waals surface area contributed by atoms with E-state index in [1.54, 1.807) is 31.4 Å². The normalized spacial score (nSPS) is 9.75. The molecule has 1 N–H and O–H groups in total. The van der Waals surface area contributed by atoms with Gasteiger partial charge in [-0.3, -0.25) is 0 Å². The summed E-state index contributed by atoms with van der Waals surface area (Å²) in [6.07, 6.45) is 0. The van der Waals surface area contributed by atoms with Crippen molar-refractivity contribution in [3.63, 3.8) is 0 Å². The first-order valence-corrected chi connectivity index (χ1v) is 4.28. The Morgan fingerprint density at radius 1 is 1.50 bits per heavy atom. The van der Waals surface area contributed by atoms with Gasteiger partial charge >= 0.3 is 5.97 Å². The van der Waals surface area contributed by atoms with Crippen molar-refractivity contribution in [1.82, 2.24) is 0 Å². The summed E-state index contributed by atoms with van der Waals surface area (Å²) in [5.41, 5.74) is 0.317. The molecule has 0 aliphatic heterocycles. The maximum atomic E-state index is 10.6. The van der Waals surface area contributed by atoms with Gasteiger partial charge in [0.25, 0.3) is 9.76 Å². The van der Waals surface area contributed by atoms with Crippen LogP contribution in [0.1, 0.15) is 10.4 Å². The van der Waals surface area contributed by atoms with Gasteiger partial charge in [0.1, 0.15) is 0 Å². The lowest BCUT2D eigenvalue weighted by molar-refractivity contribution is 0.0698. The molecule has 4 heteroatoms. The summed E-state index contributed by atoms with van der Waals surface area (Å²) in [4.78, 5) is 10.6. The number of benzene rings is 1. The Bertz CT molecular complexity index is 285. The average Bonchev–Trinajstić information content (AvgIpc) is 2.05. The molecule has 1 rings (SSSR count). The van der Waals surface area contributed by atoms with Crippen LogP contribution in [-0.4, -0.2) is 27.9 Å². The minimum Gasteiger partial charge on any atom is -0.478 e. The number of hydrogen-bond donors (Lipinski definition) is 1.